The molecule has 1 heterocycles. The zero-order valence-electron chi connectivity index (χ0n) is 13.3. The SMILES string of the molecule is COc1cc(C)cc(CC2=C(C)C(=O)c3cccnc3C2=O)c1. The zero-order valence-corrected chi connectivity index (χ0v) is 13.3. The number of Topliss-reactive ketones (excluding diaryl/α,β-unsaturated/α-hetero) is 2. The van der Waals surface area contributed by atoms with E-state index in [1.807, 2.05) is 25.1 Å². The predicted octanol–water partition coefficient (Wildman–Crippen LogP) is 3.34. The van der Waals surface area contributed by atoms with Gasteiger partial charge in [-0.15, -0.1) is 0 Å². The monoisotopic (exact) mass is 307 g/mol. The first-order valence-corrected chi connectivity index (χ1v) is 7.40. The molecule has 0 spiro atoms. The molecule has 1 aromatic carbocycles. The first-order valence-electron chi connectivity index (χ1n) is 7.40. The number of pyridine rings is 1. The van der Waals surface area contributed by atoms with Gasteiger partial charge < -0.3 is 4.74 Å². The van der Waals surface area contributed by atoms with E-state index in [9.17, 15) is 9.59 Å². The van der Waals surface area contributed by atoms with Crippen molar-refractivity contribution in [2.75, 3.05) is 7.11 Å². The molecule has 0 saturated heterocycles. The highest BCUT2D eigenvalue weighted by Gasteiger charge is 2.30. The highest BCUT2D eigenvalue weighted by Crippen LogP contribution is 2.28. The first-order chi connectivity index (χ1) is 11.0. The predicted molar refractivity (Wildman–Crippen MR) is 87.0 cm³/mol. The van der Waals surface area contributed by atoms with Crippen LogP contribution in [0.25, 0.3) is 0 Å². The molecule has 0 aliphatic heterocycles. The van der Waals surface area contributed by atoms with E-state index < -0.39 is 0 Å². The topological polar surface area (TPSA) is 56.3 Å². The van der Waals surface area contributed by atoms with Crippen LogP contribution in [0, 0.1) is 6.92 Å². The summed E-state index contributed by atoms with van der Waals surface area (Å²) in [4.78, 5) is 29.3. The third kappa shape index (κ3) is 2.68. The van der Waals surface area contributed by atoms with E-state index in [-0.39, 0.29) is 17.3 Å². The Labute approximate surface area is 134 Å². The number of hydrogen-bond acceptors (Lipinski definition) is 4. The lowest BCUT2D eigenvalue weighted by Crippen LogP contribution is -2.23. The molecular formula is C19H17NO3. The molecule has 1 aliphatic carbocycles. The van der Waals surface area contributed by atoms with Crippen LogP contribution in [0.3, 0.4) is 0 Å². The molecule has 0 saturated carbocycles. The number of carbonyl (C=O) groups excluding carboxylic acids is 2. The number of methoxy groups -OCH3 is 1. The first kappa shape index (κ1) is 15.2. The number of ketones is 2. The quantitative estimate of drug-likeness (QED) is 0.872. The fourth-order valence-electron chi connectivity index (χ4n) is 2.88. The second-order valence-corrected chi connectivity index (χ2v) is 5.70. The minimum atomic E-state index is -0.168. The number of allylic oxidation sites excluding steroid dienone is 2. The molecule has 0 N–H and O–H groups in total. The lowest BCUT2D eigenvalue weighted by atomic mass is 9.84. The van der Waals surface area contributed by atoms with Gasteiger partial charge in [-0.1, -0.05) is 6.07 Å². The van der Waals surface area contributed by atoms with Crippen molar-refractivity contribution in [3.8, 4) is 5.75 Å². The van der Waals surface area contributed by atoms with Gasteiger partial charge in [0, 0.05) is 23.8 Å². The molecule has 4 nitrogen and oxygen atoms in total. The van der Waals surface area contributed by atoms with Gasteiger partial charge in [-0.2, -0.15) is 0 Å². The summed E-state index contributed by atoms with van der Waals surface area (Å²) in [5.74, 6) is 0.451. The maximum Gasteiger partial charge on any atom is 0.208 e. The van der Waals surface area contributed by atoms with Crippen LogP contribution in [0.5, 0.6) is 5.75 Å². The van der Waals surface area contributed by atoms with Crippen LogP contribution < -0.4 is 4.74 Å². The average Bonchev–Trinajstić information content (AvgIpc) is 2.56. The van der Waals surface area contributed by atoms with Crippen LogP contribution in [0.15, 0.2) is 47.7 Å². The summed E-state index contributed by atoms with van der Waals surface area (Å²) in [6.07, 6.45) is 1.93. The van der Waals surface area contributed by atoms with Gasteiger partial charge in [0.05, 0.1) is 12.7 Å². The van der Waals surface area contributed by atoms with Crippen molar-refractivity contribution in [3.05, 3.63) is 70.1 Å². The van der Waals surface area contributed by atoms with Gasteiger partial charge in [0.1, 0.15) is 11.4 Å². The van der Waals surface area contributed by atoms with Crippen LogP contribution in [0.2, 0.25) is 0 Å². The fraction of sp³-hybridized carbons (Fsp3) is 0.211. The Hall–Kier alpha value is -2.75. The van der Waals surface area contributed by atoms with E-state index in [0.717, 1.165) is 16.9 Å². The number of benzene rings is 1. The van der Waals surface area contributed by atoms with E-state index >= 15 is 0 Å². The lowest BCUT2D eigenvalue weighted by molar-refractivity contribution is 0.0969. The van der Waals surface area contributed by atoms with Crippen molar-refractivity contribution in [2.24, 2.45) is 0 Å². The average molecular weight is 307 g/mol. The van der Waals surface area contributed by atoms with E-state index in [2.05, 4.69) is 4.98 Å². The Morgan fingerprint density at radius 2 is 1.87 bits per heavy atom. The van der Waals surface area contributed by atoms with Crippen molar-refractivity contribution in [2.45, 2.75) is 20.3 Å². The zero-order chi connectivity index (χ0) is 16.6. The summed E-state index contributed by atoms with van der Waals surface area (Å²) in [5.41, 5.74) is 3.63. The summed E-state index contributed by atoms with van der Waals surface area (Å²) in [6.45, 7) is 3.68. The normalized spacial score (nSPS) is 14.0. The van der Waals surface area contributed by atoms with E-state index in [1.165, 1.54) is 6.20 Å². The van der Waals surface area contributed by atoms with Crippen molar-refractivity contribution < 1.29 is 14.3 Å². The van der Waals surface area contributed by atoms with E-state index in [1.54, 1.807) is 26.2 Å². The molecule has 0 amide bonds. The highest BCUT2D eigenvalue weighted by molar-refractivity contribution is 6.26. The third-order valence-corrected chi connectivity index (χ3v) is 4.06. The molecule has 0 unspecified atom stereocenters. The van der Waals surface area contributed by atoms with Gasteiger partial charge in [-0.05, 0) is 49.2 Å². The Kier molecular flexibility index (Phi) is 3.82. The Balaban J connectivity index is 2.03. The van der Waals surface area contributed by atoms with Crippen LogP contribution in [-0.2, 0) is 6.42 Å². The molecule has 0 radical (unpaired) electrons. The van der Waals surface area contributed by atoms with Crippen molar-refractivity contribution >= 4 is 11.6 Å². The Morgan fingerprint density at radius 3 is 2.61 bits per heavy atom. The maximum absolute atomic E-state index is 12.7. The summed E-state index contributed by atoms with van der Waals surface area (Å²) in [5, 5.41) is 0. The van der Waals surface area contributed by atoms with Crippen molar-refractivity contribution in [1.29, 1.82) is 0 Å². The molecule has 1 aliphatic rings. The molecule has 0 fully saturated rings. The van der Waals surface area contributed by atoms with Gasteiger partial charge in [0.15, 0.2) is 5.78 Å². The number of ether oxygens (including phenoxy) is 1. The van der Waals surface area contributed by atoms with Crippen LogP contribution >= 0.6 is 0 Å². The van der Waals surface area contributed by atoms with Gasteiger partial charge in [0.25, 0.3) is 0 Å². The number of rotatable bonds is 3. The molecule has 1 aromatic heterocycles. The smallest absolute Gasteiger partial charge is 0.208 e. The largest absolute Gasteiger partial charge is 0.497 e. The summed E-state index contributed by atoms with van der Waals surface area (Å²) >= 11 is 0. The second kappa shape index (κ2) is 5.80. The van der Waals surface area contributed by atoms with Gasteiger partial charge in [-0.25, -0.2) is 0 Å². The van der Waals surface area contributed by atoms with E-state index in [4.69, 9.17) is 4.74 Å². The molecule has 3 rings (SSSR count). The standard InChI is InChI=1S/C19H17NO3/c1-11-7-13(9-14(8-11)23-3)10-16-12(2)18(21)15-5-4-6-20-17(15)19(16)22/h4-9H,10H2,1-3H3. The lowest BCUT2D eigenvalue weighted by Gasteiger charge is -2.18. The molecule has 0 bridgehead atoms. The van der Waals surface area contributed by atoms with E-state index in [0.29, 0.717) is 23.1 Å². The Morgan fingerprint density at radius 1 is 1.09 bits per heavy atom. The van der Waals surface area contributed by atoms with Crippen LogP contribution in [0.1, 0.15) is 38.9 Å². The highest BCUT2D eigenvalue weighted by atomic mass is 16.5. The maximum atomic E-state index is 12.7. The number of nitrogens with zero attached hydrogens (tertiary/aromatic N) is 1. The molecule has 116 valence electrons. The minimum absolute atomic E-state index is 0.123. The number of aromatic nitrogens is 1. The van der Waals surface area contributed by atoms with Crippen molar-refractivity contribution in [3.63, 3.8) is 0 Å². The Bertz CT molecular complexity index is 849. The van der Waals surface area contributed by atoms with Gasteiger partial charge in [0.2, 0.25) is 5.78 Å². The molecule has 23 heavy (non-hydrogen) atoms. The number of fused-ring (bicyclic) bond motifs is 1. The van der Waals surface area contributed by atoms with Crippen LogP contribution in [0.4, 0.5) is 0 Å². The molecule has 2 aromatic rings. The number of aryl methyl sites for hydroxylation is 1. The minimum Gasteiger partial charge on any atom is -0.497 e. The second-order valence-electron chi connectivity index (χ2n) is 5.70. The number of hydrogen-bond donors (Lipinski definition) is 0. The summed E-state index contributed by atoms with van der Waals surface area (Å²) < 4.78 is 5.28. The molecule has 0 atom stereocenters. The third-order valence-electron chi connectivity index (χ3n) is 4.06. The number of carbonyl (C=O) groups is 2. The van der Waals surface area contributed by atoms with Gasteiger partial charge in [-0.3, -0.25) is 14.6 Å². The van der Waals surface area contributed by atoms with Crippen molar-refractivity contribution in [1.82, 2.24) is 4.98 Å². The van der Waals surface area contributed by atoms with Crippen LogP contribution in [-0.4, -0.2) is 23.7 Å². The molecular weight excluding hydrogens is 290 g/mol. The fourth-order valence-corrected chi connectivity index (χ4v) is 2.88. The van der Waals surface area contributed by atoms with Gasteiger partial charge >= 0.3 is 0 Å². The summed E-state index contributed by atoms with van der Waals surface area (Å²) in [7, 11) is 1.61. The molecule has 4 heteroatoms. The summed E-state index contributed by atoms with van der Waals surface area (Å²) in [6, 6.07) is 9.13.